The van der Waals surface area contributed by atoms with E-state index < -0.39 is 0 Å². The Morgan fingerprint density at radius 1 is 1.17 bits per heavy atom. The number of hydrogen-bond donors (Lipinski definition) is 1. The molecule has 0 radical (unpaired) electrons. The van der Waals surface area contributed by atoms with Crippen molar-refractivity contribution in [2.24, 2.45) is 0 Å². The molecule has 3 rings (SSSR count). The van der Waals surface area contributed by atoms with E-state index in [-0.39, 0.29) is 11.9 Å². The van der Waals surface area contributed by atoms with E-state index in [2.05, 4.69) is 5.32 Å². The summed E-state index contributed by atoms with van der Waals surface area (Å²) in [5.41, 5.74) is 1.78. The third-order valence-corrected chi connectivity index (χ3v) is 4.72. The van der Waals surface area contributed by atoms with Crippen molar-refractivity contribution in [3.05, 3.63) is 53.6 Å². The van der Waals surface area contributed by atoms with Crippen molar-refractivity contribution < 1.29 is 14.3 Å². The van der Waals surface area contributed by atoms with Gasteiger partial charge in [-0.3, -0.25) is 4.79 Å². The van der Waals surface area contributed by atoms with Gasteiger partial charge in [0, 0.05) is 16.3 Å². The smallest absolute Gasteiger partial charge is 0.338 e. The molecule has 2 aromatic carbocycles. The molecule has 0 fully saturated rings. The van der Waals surface area contributed by atoms with Gasteiger partial charge in [0.1, 0.15) is 6.61 Å². The van der Waals surface area contributed by atoms with Gasteiger partial charge < -0.3 is 15.0 Å². The van der Waals surface area contributed by atoms with E-state index in [1.54, 1.807) is 18.2 Å². The topological polar surface area (TPSA) is 58.6 Å². The minimum Gasteiger partial charge on any atom is -0.461 e. The van der Waals surface area contributed by atoms with E-state index in [9.17, 15) is 9.59 Å². The molecule has 0 bridgehead atoms. The number of anilines is 1. The van der Waals surface area contributed by atoms with E-state index in [4.69, 9.17) is 4.74 Å². The number of hydrogen-bond acceptors (Lipinski definition) is 5. The summed E-state index contributed by atoms with van der Waals surface area (Å²) in [6.45, 7) is 1.00. The van der Waals surface area contributed by atoms with Crippen LogP contribution in [0.15, 0.2) is 52.3 Å². The van der Waals surface area contributed by atoms with Crippen LogP contribution in [0.3, 0.4) is 0 Å². The average Bonchev–Trinajstić information content (AvgIpc) is 2.69. The molecule has 1 aliphatic rings. The molecule has 2 aromatic rings. The zero-order valence-electron chi connectivity index (χ0n) is 13.5. The molecule has 0 atom stereocenters. The number of carbonyl (C=O) groups is 2. The summed E-state index contributed by atoms with van der Waals surface area (Å²) in [7, 11) is 3.84. The van der Waals surface area contributed by atoms with Gasteiger partial charge in [0.05, 0.1) is 16.8 Å². The second-order valence-electron chi connectivity index (χ2n) is 5.70. The second kappa shape index (κ2) is 7.07. The molecule has 1 amide bonds. The van der Waals surface area contributed by atoms with E-state index in [1.807, 2.05) is 43.3 Å². The molecule has 24 heavy (non-hydrogen) atoms. The number of ether oxygens (including phenoxy) is 1. The SMILES string of the molecule is CN(C)CCOC(=O)c1ccc2c(c1)Sc1ccccc1NC2=O. The van der Waals surface area contributed by atoms with Gasteiger partial charge in [-0.25, -0.2) is 4.79 Å². The Labute approximate surface area is 145 Å². The van der Waals surface area contributed by atoms with Crippen LogP contribution in [-0.2, 0) is 4.74 Å². The van der Waals surface area contributed by atoms with Crippen molar-refractivity contribution in [3.8, 4) is 0 Å². The number of fused-ring (bicyclic) bond motifs is 2. The summed E-state index contributed by atoms with van der Waals surface area (Å²) < 4.78 is 5.27. The zero-order valence-corrected chi connectivity index (χ0v) is 14.4. The number of nitrogens with zero attached hydrogens (tertiary/aromatic N) is 1. The molecule has 1 N–H and O–H groups in total. The molecule has 1 aliphatic heterocycles. The van der Waals surface area contributed by atoms with Crippen molar-refractivity contribution in [3.63, 3.8) is 0 Å². The van der Waals surface area contributed by atoms with Crippen molar-refractivity contribution in [1.29, 1.82) is 0 Å². The van der Waals surface area contributed by atoms with Crippen LogP contribution in [0.4, 0.5) is 5.69 Å². The lowest BCUT2D eigenvalue weighted by Gasteiger charge is -2.11. The van der Waals surface area contributed by atoms with Crippen molar-refractivity contribution >= 4 is 29.3 Å². The summed E-state index contributed by atoms with van der Waals surface area (Å²) >= 11 is 1.47. The fourth-order valence-electron chi connectivity index (χ4n) is 2.29. The van der Waals surface area contributed by atoms with Crippen molar-refractivity contribution in [2.45, 2.75) is 9.79 Å². The van der Waals surface area contributed by atoms with Gasteiger partial charge in [0.2, 0.25) is 0 Å². The number of para-hydroxylation sites is 1. The van der Waals surface area contributed by atoms with Crippen LogP contribution in [-0.4, -0.2) is 44.0 Å². The molecule has 0 unspecified atom stereocenters. The van der Waals surface area contributed by atoms with E-state index in [0.29, 0.717) is 24.3 Å². The Morgan fingerprint density at radius 3 is 2.75 bits per heavy atom. The standard InChI is InChI=1S/C18H18N2O3S/c1-20(2)9-10-23-18(22)12-7-8-13-16(11-12)24-15-6-4-3-5-14(15)19-17(13)21/h3-8,11H,9-10H2,1-2H3,(H,19,21). The highest BCUT2D eigenvalue weighted by molar-refractivity contribution is 7.99. The van der Waals surface area contributed by atoms with Gasteiger partial charge in [-0.15, -0.1) is 0 Å². The highest BCUT2D eigenvalue weighted by Crippen LogP contribution is 2.38. The maximum absolute atomic E-state index is 12.4. The molecule has 5 nitrogen and oxygen atoms in total. The van der Waals surface area contributed by atoms with Crippen molar-refractivity contribution in [1.82, 2.24) is 4.90 Å². The molecule has 0 aromatic heterocycles. The maximum atomic E-state index is 12.4. The van der Waals surface area contributed by atoms with Crippen LogP contribution < -0.4 is 5.32 Å². The van der Waals surface area contributed by atoms with Gasteiger partial charge in [-0.1, -0.05) is 23.9 Å². The lowest BCUT2D eigenvalue weighted by atomic mass is 10.1. The molecule has 0 saturated heterocycles. The van der Waals surface area contributed by atoms with E-state index in [1.165, 1.54) is 11.8 Å². The minimum atomic E-state index is -0.377. The molecule has 0 spiro atoms. The molecular weight excluding hydrogens is 324 g/mol. The normalized spacial score (nSPS) is 12.9. The van der Waals surface area contributed by atoms with Crippen molar-refractivity contribution in [2.75, 3.05) is 32.6 Å². The number of carbonyl (C=O) groups excluding carboxylic acids is 2. The maximum Gasteiger partial charge on any atom is 0.338 e. The fraction of sp³-hybridized carbons (Fsp3) is 0.222. The third kappa shape index (κ3) is 3.60. The van der Waals surface area contributed by atoms with E-state index >= 15 is 0 Å². The summed E-state index contributed by atoms with van der Waals surface area (Å²) in [6, 6.07) is 12.6. The molecule has 1 heterocycles. The third-order valence-electron chi connectivity index (χ3n) is 3.59. The second-order valence-corrected chi connectivity index (χ2v) is 6.79. The number of esters is 1. The molecular formula is C18H18N2O3S. The van der Waals surface area contributed by atoms with Crippen LogP contribution in [0.1, 0.15) is 20.7 Å². The highest BCUT2D eigenvalue weighted by atomic mass is 32.2. The Hall–Kier alpha value is -2.31. The number of rotatable bonds is 4. The lowest BCUT2D eigenvalue weighted by Crippen LogP contribution is -2.20. The number of likely N-dealkylation sites (N-methyl/N-ethyl adjacent to an activating group) is 1. The zero-order chi connectivity index (χ0) is 17.1. The first-order valence-corrected chi connectivity index (χ1v) is 8.40. The minimum absolute atomic E-state index is 0.171. The summed E-state index contributed by atoms with van der Waals surface area (Å²) in [5, 5.41) is 2.89. The molecule has 6 heteroatoms. The first-order chi connectivity index (χ1) is 11.5. The molecule has 0 saturated carbocycles. The predicted octanol–water partition coefficient (Wildman–Crippen LogP) is 3.12. The number of amides is 1. The Bertz CT molecular complexity index is 790. The van der Waals surface area contributed by atoms with Crippen LogP contribution in [0.25, 0.3) is 0 Å². The molecule has 124 valence electrons. The monoisotopic (exact) mass is 342 g/mol. The van der Waals surface area contributed by atoms with Crippen LogP contribution in [0.5, 0.6) is 0 Å². The number of nitrogens with one attached hydrogen (secondary N) is 1. The molecule has 0 aliphatic carbocycles. The summed E-state index contributed by atoms with van der Waals surface area (Å²) in [4.78, 5) is 28.2. The Balaban J connectivity index is 1.84. The van der Waals surface area contributed by atoms with Gasteiger partial charge >= 0.3 is 5.97 Å². The van der Waals surface area contributed by atoms with Gasteiger partial charge in [0.25, 0.3) is 5.91 Å². The average molecular weight is 342 g/mol. The van der Waals surface area contributed by atoms with Crippen LogP contribution in [0.2, 0.25) is 0 Å². The van der Waals surface area contributed by atoms with Gasteiger partial charge in [-0.2, -0.15) is 0 Å². The van der Waals surface area contributed by atoms with Crippen LogP contribution >= 0.6 is 11.8 Å². The number of benzene rings is 2. The van der Waals surface area contributed by atoms with E-state index in [0.717, 1.165) is 15.5 Å². The summed E-state index contributed by atoms with van der Waals surface area (Å²) in [6.07, 6.45) is 0. The first kappa shape index (κ1) is 16.5. The van der Waals surface area contributed by atoms with Crippen LogP contribution in [0, 0.1) is 0 Å². The predicted molar refractivity (Wildman–Crippen MR) is 93.8 cm³/mol. The van der Waals surface area contributed by atoms with Gasteiger partial charge in [-0.05, 0) is 44.4 Å². The first-order valence-electron chi connectivity index (χ1n) is 7.59. The quantitative estimate of drug-likeness (QED) is 0.865. The Kier molecular flexibility index (Phi) is 4.87. The highest BCUT2D eigenvalue weighted by Gasteiger charge is 2.21. The largest absolute Gasteiger partial charge is 0.461 e. The Morgan fingerprint density at radius 2 is 1.96 bits per heavy atom. The fourth-order valence-corrected chi connectivity index (χ4v) is 3.36. The lowest BCUT2D eigenvalue weighted by molar-refractivity contribution is 0.0481. The summed E-state index contributed by atoms with van der Waals surface area (Å²) in [5.74, 6) is -0.548. The van der Waals surface area contributed by atoms with Gasteiger partial charge in [0.15, 0.2) is 0 Å².